The summed E-state index contributed by atoms with van der Waals surface area (Å²) < 4.78 is 27.0. The van der Waals surface area contributed by atoms with E-state index in [9.17, 15) is 8.42 Å². The SMILES string of the molecule is O=S(=O)(NCC1NNNN1)c1ccccc1Br. The fourth-order valence-corrected chi connectivity index (χ4v) is 3.37. The second-order valence-electron chi connectivity index (χ2n) is 3.37. The van der Waals surface area contributed by atoms with Gasteiger partial charge in [0.05, 0.1) is 11.1 Å². The molecule has 94 valence electrons. The van der Waals surface area contributed by atoms with Gasteiger partial charge in [0.1, 0.15) is 0 Å². The molecule has 0 spiro atoms. The van der Waals surface area contributed by atoms with Crippen LogP contribution >= 0.6 is 15.9 Å². The lowest BCUT2D eigenvalue weighted by molar-refractivity contribution is 0.505. The Bertz CT molecular complexity index is 488. The molecule has 2 rings (SSSR count). The fourth-order valence-electron chi connectivity index (χ4n) is 1.32. The summed E-state index contributed by atoms with van der Waals surface area (Å²) in [7, 11) is -3.51. The van der Waals surface area contributed by atoms with Crippen molar-refractivity contribution in [3.05, 3.63) is 28.7 Å². The van der Waals surface area contributed by atoms with Gasteiger partial charge in [-0.3, -0.25) is 0 Å². The molecule has 0 amide bonds. The van der Waals surface area contributed by atoms with Gasteiger partial charge in [-0.25, -0.2) is 24.0 Å². The summed E-state index contributed by atoms with van der Waals surface area (Å²) >= 11 is 3.21. The first-order chi connectivity index (χ1) is 8.09. The van der Waals surface area contributed by atoms with Crippen LogP contribution in [-0.2, 0) is 10.0 Å². The lowest BCUT2D eigenvalue weighted by Gasteiger charge is -2.11. The monoisotopic (exact) mass is 321 g/mol. The number of hydrogen-bond acceptors (Lipinski definition) is 6. The number of hydrazine groups is 3. The molecule has 0 radical (unpaired) electrons. The molecule has 5 N–H and O–H groups in total. The first-order valence-electron chi connectivity index (χ1n) is 4.85. The molecule has 1 saturated heterocycles. The summed E-state index contributed by atoms with van der Waals surface area (Å²) in [5.74, 6) is 0. The zero-order chi connectivity index (χ0) is 12.3. The Morgan fingerprint density at radius 3 is 2.53 bits per heavy atom. The van der Waals surface area contributed by atoms with Gasteiger partial charge in [-0.15, -0.1) is 0 Å². The molecule has 0 aromatic heterocycles. The number of rotatable bonds is 4. The van der Waals surface area contributed by atoms with Gasteiger partial charge in [-0.1, -0.05) is 12.1 Å². The zero-order valence-corrected chi connectivity index (χ0v) is 11.1. The highest BCUT2D eigenvalue weighted by atomic mass is 79.9. The van der Waals surface area contributed by atoms with Crippen molar-refractivity contribution in [3.8, 4) is 0 Å². The van der Waals surface area contributed by atoms with Gasteiger partial charge in [-0.05, 0) is 28.1 Å². The van der Waals surface area contributed by atoms with Gasteiger partial charge in [0, 0.05) is 11.0 Å². The Hall–Kier alpha value is -0.550. The number of halogens is 1. The maximum Gasteiger partial charge on any atom is 0.241 e. The molecule has 0 unspecified atom stereocenters. The average molecular weight is 322 g/mol. The smallest absolute Gasteiger partial charge is 0.223 e. The molecule has 17 heavy (non-hydrogen) atoms. The fraction of sp³-hybridized carbons (Fsp3) is 0.250. The Balaban J connectivity index is 2.06. The van der Waals surface area contributed by atoms with E-state index >= 15 is 0 Å². The van der Waals surface area contributed by atoms with Crippen LogP contribution in [0.2, 0.25) is 0 Å². The minimum Gasteiger partial charge on any atom is -0.223 e. The van der Waals surface area contributed by atoms with E-state index in [0.29, 0.717) is 4.47 Å². The summed E-state index contributed by atoms with van der Waals surface area (Å²) in [6, 6.07) is 6.66. The standard InChI is InChI=1S/C8H12BrN5O2S/c9-6-3-1-2-4-7(6)17(15,16)10-5-8-11-13-14-12-8/h1-4,8,10-14H,5H2. The summed E-state index contributed by atoms with van der Waals surface area (Å²) in [6.45, 7) is 0.212. The van der Waals surface area contributed by atoms with Crippen molar-refractivity contribution < 1.29 is 8.42 Å². The van der Waals surface area contributed by atoms with Gasteiger partial charge >= 0.3 is 0 Å². The van der Waals surface area contributed by atoms with Crippen molar-refractivity contribution in [3.63, 3.8) is 0 Å². The Labute approximate surface area is 107 Å². The summed E-state index contributed by atoms with van der Waals surface area (Å²) in [5.41, 5.74) is 10.8. The van der Waals surface area contributed by atoms with Gasteiger partial charge in [0.15, 0.2) is 0 Å². The Morgan fingerprint density at radius 2 is 1.88 bits per heavy atom. The van der Waals surface area contributed by atoms with Crippen LogP contribution in [0.3, 0.4) is 0 Å². The Morgan fingerprint density at radius 1 is 1.24 bits per heavy atom. The van der Waals surface area contributed by atoms with Crippen LogP contribution in [0.1, 0.15) is 0 Å². The third-order valence-corrected chi connectivity index (χ3v) is 4.59. The predicted octanol–water partition coefficient (Wildman–Crippen LogP) is -0.829. The topological polar surface area (TPSA) is 94.3 Å². The Kier molecular flexibility index (Phi) is 4.09. The second kappa shape index (κ2) is 5.40. The van der Waals surface area contributed by atoms with Crippen LogP contribution in [0.5, 0.6) is 0 Å². The molecule has 1 aliphatic rings. The van der Waals surface area contributed by atoms with E-state index in [1.807, 2.05) is 0 Å². The van der Waals surface area contributed by atoms with E-state index < -0.39 is 10.0 Å². The molecule has 7 nitrogen and oxygen atoms in total. The summed E-state index contributed by atoms with van der Waals surface area (Å²) in [6.07, 6.45) is -0.215. The summed E-state index contributed by atoms with van der Waals surface area (Å²) in [5, 5.41) is 0. The van der Waals surface area contributed by atoms with Crippen molar-refractivity contribution in [2.75, 3.05) is 6.54 Å². The van der Waals surface area contributed by atoms with Crippen LogP contribution in [0.15, 0.2) is 33.6 Å². The van der Waals surface area contributed by atoms with Gasteiger partial charge < -0.3 is 0 Å². The zero-order valence-electron chi connectivity index (χ0n) is 8.70. The van der Waals surface area contributed by atoms with Crippen molar-refractivity contribution in [2.45, 2.75) is 11.1 Å². The molecule has 1 aliphatic heterocycles. The van der Waals surface area contributed by atoms with Crippen LogP contribution in [-0.4, -0.2) is 21.1 Å². The number of nitrogens with one attached hydrogen (secondary N) is 5. The largest absolute Gasteiger partial charge is 0.241 e. The third kappa shape index (κ3) is 3.22. The lowest BCUT2D eigenvalue weighted by Crippen LogP contribution is -2.44. The molecule has 0 atom stereocenters. The molecule has 0 bridgehead atoms. The van der Waals surface area contributed by atoms with E-state index in [2.05, 4.69) is 42.6 Å². The van der Waals surface area contributed by atoms with E-state index in [4.69, 9.17) is 0 Å². The highest BCUT2D eigenvalue weighted by Gasteiger charge is 2.20. The van der Waals surface area contributed by atoms with Crippen molar-refractivity contribution in [1.29, 1.82) is 0 Å². The minimum absolute atomic E-state index is 0.212. The summed E-state index contributed by atoms with van der Waals surface area (Å²) in [4.78, 5) is 0.221. The van der Waals surface area contributed by atoms with E-state index in [1.54, 1.807) is 24.3 Å². The van der Waals surface area contributed by atoms with Crippen LogP contribution < -0.4 is 26.6 Å². The highest BCUT2D eigenvalue weighted by molar-refractivity contribution is 9.10. The molecular weight excluding hydrogens is 310 g/mol. The van der Waals surface area contributed by atoms with Crippen LogP contribution in [0.25, 0.3) is 0 Å². The number of hydrogen-bond donors (Lipinski definition) is 5. The van der Waals surface area contributed by atoms with E-state index in [-0.39, 0.29) is 17.6 Å². The number of sulfonamides is 1. The molecule has 1 heterocycles. The predicted molar refractivity (Wildman–Crippen MR) is 65.7 cm³/mol. The molecule has 0 saturated carbocycles. The van der Waals surface area contributed by atoms with Crippen LogP contribution in [0, 0.1) is 0 Å². The van der Waals surface area contributed by atoms with E-state index in [1.165, 1.54) is 0 Å². The first kappa shape index (κ1) is 12.9. The van der Waals surface area contributed by atoms with Gasteiger partial charge in [0.2, 0.25) is 10.0 Å². The van der Waals surface area contributed by atoms with Gasteiger partial charge in [0.25, 0.3) is 0 Å². The number of benzene rings is 1. The molecular formula is C8H12BrN5O2S. The van der Waals surface area contributed by atoms with E-state index in [0.717, 1.165) is 0 Å². The molecule has 0 aliphatic carbocycles. The average Bonchev–Trinajstić information content (AvgIpc) is 2.80. The van der Waals surface area contributed by atoms with Crippen molar-refractivity contribution in [2.24, 2.45) is 0 Å². The van der Waals surface area contributed by atoms with Gasteiger partial charge in [-0.2, -0.15) is 11.1 Å². The highest BCUT2D eigenvalue weighted by Crippen LogP contribution is 2.20. The van der Waals surface area contributed by atoms with Crippen molar-refractivity contribution in [1.82, 2.24) is 26.6 Å². The van der Waals surface area contributed by atoms with Crippen LogP contribution in [0.4, 0.5) is 0 Å². The normalized spacial score (nSPS) is 17.5. The molecule has 1 fully saturated rings. The quantitative estimate of drug-likeness (QED) is 0.497. The first-order valence-corrected chi connectivity index (χ1v) is 7.12. The van der Waals surface area contributed by atoms with Crippen molar-refractivity contribution >= 4 is 26.0 Å². The lowest BCUT2D eigenvalue weighted by atomic mass is 10.4. The molecule has 1 aromatic rings. The minimum atomic E-state index is -3.51. The molecule has 9 heteroatoms. The maximum absolute atomic E-state index is 12.0. The third-order valence-electron chi connectivity index (χ3n) is 2.16. The molecule has 1 aromatic carbocycles. The second-order valence-corrected chi connectivity index (χ2v) is 5.96. The maximum atomic E-state index is 12.0.